The minimum Gasteiger partial charge on any atom is -0.488 e. The first-order valence-corrected chi connectivity index (χ1v) is 6.43. The number of piperidine rings is 1. The lowest BCUT2D eigenvalue weighted by molar-refractivity contribution is -0.0499. The topological polar surface area (TPSA) is 30.5 Å². The lowest BCUT2D eigenvalue weighted by Gasteiger charge is -2.37. The molecule has 2 atom stereocenters. The van der Waals surface area contributed by atoms with Crippen LogP contribution in [0, 0.1) is 5.41 Å². The molecule has 2 heterocycles. The lowest BCUT2D eigenvalue weighted by atomic mass is 9.80. The van der Waals surface area contributed by atoms with E-state index in [0.29, 0.717) is 5.75 Å². The van der Waals surface area contributed by atoms with Crippen LogP contribution in [0.4, 0.5) is 8.78 Å². The van der Waals surface area contributed by atoms with Crippen LogP contribution in [0.25, 0.3) is 0 Å². The minimum atomic E-state index is -2.81. The van der Waals surface area contributed by atoms with Gasteiger partial charge in [-0.3, -0.25) is 0 Å². The van der Waals surface area contributed by atoms with Crippen molar-refractivity contribution in [3.05, 3.63) is 23.8 Å². The zero-order valence-corrected chi connectivity index (χ0v) is 11.0. The van der Waals surface area contributed by atoms with Crippen molar-refractivity contribution >= 4 is 0 Å². The fourth-order valence-corrected chi connectivity index (χ4v) is 2.89. The van der Waals surface area contributed by atoms with E-state index in [0.717, 1.165) is 18.5 Å². The third kappa shape index (κ3) is 2.39. The molecule has 104 valence electrons. The summed E-state index contributed by atoms with van der Waals surface area (Å²) in [6.07, 6.45) is 1.02. The summed E-state index contributed by atoms with van der Waals surface area (Å²) in [6.45, 7) is 2.49. The molecular formula is C14H17F2NO2. The van der Waals surface area contributed by atoms with Gasteiger partial charge in [0.05, 0.1) is 6.04 Å². The third-order valence-electron chi connectivity index (χ3n) is 3.75. The smallest absolute Gasteiger partial charge is 0.387 e. The summed E-state index contributed by atoms with van der Waals surface area (Å²) in [7, 11) is 0. The largest absolute Gasteiger partial charge is 0.488 e. The number of benzene rings is 1. The molecule has 0 radical (unpaired) electrons. The lowest BCUT2D eigenvalue weighted by Crippen LogP contribution is -2.46. The van der Waals surface area contributed by atoms with Crippen LogP contribution < -0.4 is 14.8 Å². The Morgan fingerprint density at radius 2 is 2.21 bits per heavy atom. The highest BCUT2D eigenvalue weighted by Crippen LogP contribution is 2.45. The van der Waals surface area contributed by atoms with Crippen LogP contribution in [-0.2, 0) is 0 Å². The highest BCUT2D eigenvalue weighted by molar-refractivity contribution is 5.46. The second-order valence-electron chi connectivity index (χ2n) is 5.96. The predicted octanol–water partition coefficient (Wildman–Crippen LogP) is 3.11. The van der Waals surface area contributed by atoms with E-state index in [-0.39, 0.29) is 23.3 Å². The summed E-state index contributed by atoms with van der Waals surface area (Å²) in [5, 5.41) is 3.47. The van der Waals surface area contributed by atoms with Gasteiger partial charge in [0.2, 0.25) is 0 Å². The molecular weight excluding hydrogens is 252 g/mol. The van der Waals surface area contributed by atoms with Crippen molar-refractivity contribution in [3.63, 3.8) is 0 Å². The van der Waals surface area contributed by atoms with Crippen LogP contribution in [0.3, 0.4) is 0 Å². The summed E-state index contributed by atoms with van der Waals surface area (Å²) in [5.41, 5.74) is 1.22. The van der Waals surface area contributed by atoms with Crippen molar-refractivity contribution in [2.24, 2.45) is 5.41 Å². The molecule has 0 spiro atoms. The first-order valence-electron chi connectivity index (χ1n) is 6.43. The fourth-order valence-electron chi connectivity index (χ4n) is 2.89. The molecule has 1 aromatic carbocycles. The first-order chi connectivity index (χ1) is 8.94. The molecule has 1 fully saturated rings. The van der Waals surface area contributed by atoms with Crippen molar-refractivity contribution in [2.75, 3.05) is 6.54 Å². The van der Waals surface area contributed by atoms with Gasteiger partial charge in [-0.1, -0.05) is 13.8 Å². The summed E-state index contributed by atoms with van der Waals surface area (Å²) in [6, 6.07) is 5.08. The molecule has 2 aliphatic rings. The number of alkyl halides is 2. The van der Waals surface area contributed by atoms with Gasteiger partial charge in [0.1, 0.15) is 17.6 Å². The maximum atomic E-state index is 12.2. The molecule has 2 aliphatic heterocycles. The number of nitrogens with one attached hydrogen (secondary N) is 1. The van der Waals surface area contributed by atoms with E-state index >= 15 is 0 Å². The summed E-state index contributed by atoms with van der Waals surface area (Å²) in [5.74, 6) is 0.796. The van der Waals surface area contributed by atoms with E-state index in [2.05, 4.69) is 23.9 Å². The van der Waals surface area contributed by atoms with E-state index in [1.54, 1.807) is 12.1 Å². The van der Waals surface area contributed by atoms with Gasteiger partial charge >= 0.3 is 6.61 Å². The van der Waals surface area contributed by atoms with Crippen LogP contribution in [0.2, 0.25) is 0 Å². The van der Waals surface area contributed by atoms with Crippen LogP contribution in [0.15, 0.2) is 18.2 Å². The molecule has 5 heteroatoms. The third-order valence-corrected chi connectivity index (χ3v) is 3.75. The molecule has 0 unspecified atom stereocenters. The Balaban J connectivity index is 1.83. The predicted molar refractivity (Wildman–Crippen MR) is 66.6 cm³/mol. The molecule has 0 bridgehead atoms. The first kappa shape index (κ1) is 12.7. The van der Waals surface area contributed by atoms with Crippen molar-refractivity contribution < 1.29 is 18.3 Å². The highest BCUT2D eigenvalue weighted by Gasteiger charge is 2.42. The molecule has 1 N–H and O–H groups in total. The van der Waals surface area contributed by atoms with Gasteiger partial charge in [-0.05, 0) is 24.0 Å². The Bertz CT molecular complexity index is 490. The zero-order chi connectivity index (χ0) is 13.6. The Kier molecular flexibility index (Phi) is 2.89. The Hall–Kier alpha value is -1.36. The monoisotopic (exact) mass is 269 g/mol. The Morgan fingerprint density at radius 1 is 1.42 bits per heavy atom. The van der Waals surface area contributed by atoms with E-state index in [1.807, 2.05) is 6.07 Å². The van der Waals surface area contributed by atoms with Crippen LogP contribution in [-0.4, -0.2) is 19.3 Å². The number of hydrogen-bond donors (Lipinski definition) is 1. The minimum absolute atomic E-state index is 0.0700. The number of hydrogen-bond acceptors (Lipinski definition) is 3. The van der Waals surface area contributed by atoms with Crippen LogP contribution >= 0.6 is 0 Å². The van der Waals surface area contributed by atoms with E-state index < -0.39 is 6.61 Å². The number of fused-ring (bicyclic) bond motifs is 3. The van der Waals surface area contributed by atoms with E-state index in [1.165, 1.54) is 0 Å². The van der Waals surface area contributed by atoms with Gasteiger partial charge in [0.15, 0.2) is 0 Å². The van der Waals surface area contributed by atoms with Crippen molar-refractivity contribution in [2.45, 2.75) is 39.0 Å². The van der Waals surface area contributed by atoms with Gasteiger partial charge in [-0.2, -0.15) is 8.78 Å². The average Bonchev–Trinajstić information content (AvgIpc) is 2.62. The van der Waals surface area contributed by atoms with E-state index in [9.17, 15) is 8.78 Å². The standard InChI is InChI=1S/C14H17F2NO2/c1-14(2)6-11-12(17-7-14)9-4-3-8(18-13(15)16)5-10(9)19-11/h3-5,11-13,17H,6-7H2,1-2H3/t11-,12-/m0/s1. The summed E-state index contributed by atoms with van der Waals surface area (Å²) in [4.78, 5) is 0. The van der Waals surface area contributed by atoms with Gasteiger partial charge in [0.25, 0.3) is 0 Å². The fraction of sp³-hybridized carbons (Fsp3) is 0.571. The van der Waals surface area contributed by atoms with Gasteiger partial charge in [-0.15, -0.1) is 0 Å². The SMILES string of the molecule is CC1(C)CN[C@H]2c3ccc(OC(F)F)cc3O[C@H]2C1. The van der Waals surface area contributed by atoms with Crippen molar-refractivity contribution in [1.82, 2.24) is 5.32 Å². The quantitative estimate of drug-likeness (QED) is 0.895. The zero-order valence-electron chi connectivity index (χ0n) is 11.0. The van der Waals surface area contributed by atoms with E-state index in [4.69, 9.17) is 4.74 Å². The number of halogens is 2. The van der Waals surface area contributed by atoms with Crippen molar-refractivity contribution in [1.29, 1.82) is 0 Å². The molecule has 0 aliphatic carbocycles. The number of rotatable bonds is 2. The second kappa shape index (κ2) is 4.34. The van der Waals surface area contributed by atoms with Gasteiger partial charge in [0, 0.05) is 18.2 Å². The number of ether oxygens (including phenoxy) is 2. The Labute approximate surface area is 110 Å². The van der Waals surface area contributed by atoms with Crippen molar-refractivity contribution in [3.8, 4) is 11.5 Å². The molecule has 1 saturated heterocycles. The van der Waals surface area contributed by atoms with Crippen LogP contribution in [0.5, 0.6) is 11.5 Å². The maximum absolute atomic E-state index is 12.2. The normalized spacial score (nSPS) is 27.6. The van der Waals surface area contributed by atoms with Gasteiger partial charge < -0.3 is 14.8 Å². The Morgan fingerprint density at radius 3 is 2.95 bits per heavy atom. The maximum Gasteiger partial charge on any atom is 0.387 e. The highest BCUT2D eigenvalue weighted by atomic mass is 19.3. The summed E-state index contributed by atoms with van der Waals surface area (Å²) < 4.78 is 34.7. The molecule has 3 rings (SSSR count). The molecule has 0 amide bonds. The second-order valence-corrected chi connectivity index (χ2v) is 5.96. The molecule has 1 aromatic rings. The average molecular weight is 269 g/mol. The molecule has 3 nitrogen and oxygen atoms in total. The van der Waals surface area contributed by atoms with Crippen LogP contribution in [0.1, 0.15) is 31.9 Å². The molecule has 0 saturated carbocycles. The van der Waals surface area contributed by atoms with Gasteiger partial charge in [-0.25, -0.2) is 0 Å². The summed E-state index contributed by atoms with van der Waals surface area (Å²) >= 11 is 0. The molecule has 0 aromatic heterocycles. The molecule has 19 heavy (non-hydrogen) atoms.